The molecule has 1 amide bonds. The van der Waals surface area contributed by atoms with Crippen LogP contribution in [0.2, 0.25) is 0 Å². The summed E-state index contributed by atoms with van der Waals surface area (Å²) in [6.45, 7) is 8.68. The van der Waals surface area contributed by atoms with Gasteiger partial charge in [-0.2, -0.15) is 0 Å². The van der Waals surface area contributed by atoms with E-state index < -0.39 is 0 Å². The molecule has 0 aromatic rings. The van der Waals surface area contributed by atoms with E-state index in [0.717, 1.165) is 0 Å². The number of carbonyl (C=O) groups is 1. The van der Waals surface area contributed by atoms with Gasteiger partial charge in [0.1, 0.15) is 6.73 Å². The average molecular weight is 169 g/mol. The molecular weight excluding hydrogens is 154 g/mol. The van der Waals surface area contributed by atoms with Crippen molar-refractivity contribution in [1.29, 1.82) is 0 Å². The zero-order valence-corrected chi connectivity index (χ0v) is 7.62. The van der Waals surface area contributed by atoms with E-state index >= 15 is 0 Å². The summed E-state index contributed by atoms with van der Waals surface area (Å²) < 4.78 is 5.21. The maximum atomic E-state index is 11.3. The van der Waals surface area contributed by atoms with Gasteiger partial charge in [0.2, 0.25) is 5.91 Å². The van der Waals surface area contributed by atoms with Crippen LogP contribution in [-0.2, 0) is 9.53 Å². The van der Waals surface area contributed by atoms with Gasteiger partial charge in [0.05, 0.1) is 12.6 Å². The Morgan fingerprint density at radius 1 is 1.75 bits per heavy atom. The van der Waals surface area contributed by atoms with Gasteiger partial charge in [-0.1, -0.05) is 20.4 Å². The Bertz CT molecular complexity index is 189. The molecule has 1 heterocycles. The van der Waals surface area contributed by atoms with Crippen LogP contribution < -0.4 is 0 Å². The lowest BCUT2D eigenvalue weighted by Crippen LogP contribution is -2.38. The maximum absolute atomic E-state index is 11.3. The first-order valence-corrected chi connectivity index (χ1v) is 4.17. The summed E-state index contributed by atoms with van der Waals surface area (Å²) in [4.78, 5) is 13.0. The van der Waals surface area contributed by atoms with Crippen LogP contribution in [-0.4, -0.2) is 30.2 Å². The Balaban J connectivity index is 2.63. The summed E-state index contributed by atoms with van der Waals surface area (Å²) in [6.07, 6.45) is 1.34. The first-order valence-electron chi connectivity index (χ1n) is 4.17. The number of amides is 1. The largest absolute Gasteiger partial charge is 0.359 e. The third-order valence-electron chi connectivity index (χ3n) is 2.15. The van der Waals surface area contributed by atoms with E-state index in [1.54, 1.807) is 4.90 Å². The molecule has 0 saturated carbocycles. The summed E-state index contributed by atoms with van der Waals surface area (Å²) in [5, 5.41) is 0. The summed E-state index contributed by atoms with van der Waals surface area (Å²) >= 11 is 0. The third kappa shape index (κ3) is 1.67. The molecule has 68 valence electrons. The highest BCUT2D eigenvalue weighted by Crippen LogP contribution is 2.17. The molecule has 0 aliphatic carbocycles. The minimum absolute atomic E-state index is 0.0359. The maximum Gasteiger partial charge on any atom is 0.248 e. The number of rotatable bonds is 2. The minimum atomic E-state index is -0.0359. The zero-order valence-electron chi connectivity index (χ0n) is 7.62. The lowest BCUT2D eigenvalue weighted by Gasteiger charge is -2.23. The van der Waals surface area contributed by atoms with Gasteiger partial charge in [-0.3, -0.25) is 4.79 Å². The molecule has 12 heavy (non-hydrogen) atoms. The number of hydrogen-bond acceptors (Lipinski definition) is 2. The topological polar surface area (TPSA) is 29.5 Å². The van der Waals surface area contributed by atoms with Crippen molar-refractivity contribution in [3.05, 3.63) is 12.7 Å². The molecule has 1 unspecified atom stereocenters. The molecule has 0 aromatic heterocycles. The van der Waals surface area contributed by atoms with Crippen molar-refractivity contribution in [2.45, 2.75) is 19.9 Å². The van der Waals surface area contributed by atoms with Crippen LogP contribution in [0, 0.1) is 5.92 Å². The van der Waals surface area contributed by atoms with Crippen molar-refractivity contribution in [3.63, 3.8) is 0 Å². The predicted octanol–water partition coefficient (Wildman–Crippen LogP) is 1.01. The van der Waals surface area contributed by atoms with Gasteiger partial charge in [0.15, 0.2) is 0 Å². The second-order valence-electron chi connectivity index (χ2n) is 3.32. The fraction of sp³-hybridized carbons (Fsp3) is 0.667. The summed E-state index contributed by atoms with van der Waals surface area (Å²) in [5.41, 5.74) is 0. The highest BCUT2D eigenvalue weighted by Gasteiger charge is 2.29. The second kappa shape index (κ2) is 3.72. The quantitative estimate of drug-likeness (QED) is 0.577. The van der Waals surface area contributed by atoms with Crippen LogP contribution >= 0.6 is 0 Å². The van der Waals surface area contributed by atoms with Crippen LogP contribution in [0.25, 0.3) is 0 Å². The standard InChI is InChI=1S/C9H15NO2/c1-4-9(11)10-6-12-5-8(10)7(2)3/h4,7-8H,1,5-6H2,2-3H3. The highest BCUT2D eigenvalue weighted by molar-refractivity contribution is 5.87. The summed E-state index contributed by atoms with van der Waals surface area (Å²) in [6, 6.07) is 0.218. The number of carbonyl (C=O) groups excluding carboxylic acids is 1. The Morgan fingerprint density at radius 3 is 2.92 bits per heavy atom. The normalized spacial score (nSPS) is 23.2. The smallest absolute Gasteiger partial charge is 0.248 e. The molecule has 0 spiro atoms. The van der Waals surface area contributed by atoms with Crippen molar-refractivity contribution in [2.24, 2.45) is 5.92 Å². The van der Waals surface area contributed by atoms with E-state index in [1.165, 1.54) is 6.08 Å². The molecule has 1 rings (SSSR count). The van der Waals surface area contributed by atoms with Crippen LogP contribution in [0.1, 0.15) is 13.8 Å². The Kier molecular flexibility index (Phi) is 2.87. The number of hydrogen-bond donors (Lipinski definition) is 0. The lowest BCUT2D eigenvalue weighted by molar-refractivity contribution is -0.128. The van der Waals surface area contributed by atoms with E-state index in [0.29, 0.717) is 19.3 Å². The van der Waals surface area contributed by atoms with Gasteiger partial charge in [0.25, 0.3) is 0 Å². The van der Waals surface area contributed by atoms with Crippen molar-refractivity contribution in [1.82, 2.24) is 4.90 Å². The van der Waals surface area contributed by atoms with Crippen LogP contribution in [0.5, 0.6) is 0 Å². The Labute approximate surface area is 73.0 Å². The van der Waals surface area contributed by atoms with Gasteiger partial charge in [-0.15, -0.1) is 0 Å². The van der Waals surface area contributed by atoms with Crippen molar-refractivity contribution in [2.75, 3.05) is 13.3 Å². The molecule has 3 nitrogen and oxygen atoms in total. The first kappa shape index (κ1) is 9.26. The van der Waals surface area contributed by atoms with Crippen LogP contribution in [0.4, 0.5) is 0 Å². The number of nitrogens with zero attached hydrogens (tertiary/aromatic N) is 1. The molecule has 0 radical (unpaired) electrons. The molecular formula is C9H15NO2. The SMILES string of the molecule is C=CC(=O)N1COCC1C(C)C. The fourth-order valence-electron chi connectivity index (χ4n) is 1.35. The Morgan fingerprint density at radius 2 is 2.42 bits per heavy atom. The first-order chi connectivity index (χ1) is 5.66. The summed E-state index contributed by atoms with van der Waals surface area (Å²) in [5.74, 6) is 0.405. The van der Waals surface area contributed by atoms with Crippen molar-refractivity contribution in [3.8, 4) is 0 Å². The minimum Gasteiger partial charge on any atom is -0.359 e. The monoisotopic (exact) mass is 169 g/mol. The summed E-state index contributed by atoms with van der Waals surface area (Å²) in [7, 11) is 0. The molecule has 1 atom stereocenters. The van der Waals surface area contributed by atoms with E-state index in [2.05, 4.69) is 20.4 Å². The lowest BCUT2D eigenvalue weighted by atomic mass is 10.0. The number of ether oxygens (including phenoxy) is 1. The zero-order chi connectivity index (χ0) is 9.14. The molecule has 0 bridgehead atoms. The molecule has 1 aliphatic rings. The van der Waals surface area contributed by atoms with E-state index in [4.69, 9.17) is 4.74 Å². The third-order valence-corrected chi connectivity index (χ3v) is 2.15. The van der Waals surface area contributed by atoms with E-state index in [9.17, 15) is 4.79 Å². The van der Waals surface area contributed by atoms with Crippen LogP contribution in [0.15, 0.2) is 12.7 Å². The molecule has 3 heteroatoms. The van der Waals surface area contributed by atoms with Crippen molar-refractivity contribution < 1.29 is 9.53 Å². The van der Waals surface area contributed by atoms with Gasteiger partial charge >= 0.3 is 0 Å². The predicted molar refractivity (Wildman–Crippen MR) is 46.5 cm³/mol. The van der Waals surface area contributed by atoms with E-state index in [-0.39, 0.29) is 11.9 Å². The van der Waals surface area contributed by atoms with Gasteiger partial charge in [0, 0.05) is 0 Å². The van der Waals surface area contributed by atoms with E-state index in [1.807, 2.05) is 0 Å². The average Bonchev–Trinajstić information content (AvgIpc) is 2.50. The molecule has 1 fully saturated rings. The van der Waals surface area contributed by atoms with Gasteiger partial charge in [-0.25, -0.2) is 0 Å². The fourth-order valence-corrected chi connectivity index (χ4v) is 1.35. The highest BCUT2D eigenvalue weighted by atomic mass is 16.5. The van der Waals surface area contributed by atoms with Crippen molar-refractivity contribution >= 4 is 5.91 Å². The van der Waals surface area contributed by atoms with Gasteiger partial charge in [-0.05, 0) is 12.0 Å². The molecule has 1 aliphatic heterocycles. The Hall–Kier alpha value is -0.830. The van der Waals surface area contributed by atoms with Gasteiger partial charge < -0.3 is 9.64 Å². The van der Waals surface area contributed by atoms with Crippen LogP contribution in [0.3, 0.4) is 0 Å². The molecule has 0 aromatic carbocycles. The molecule has 1 saturated heterocycles. The second-order valence-corrected chi connectivity index (χ2v) is 3.32. The molecule has 0 N–H and O–H groups in total.